The number of amides is 1. The molecule has 0 aliphatic carbocycles. The number of rotatable bonds is 5. The van der Waals surface area contributed by atoms with Crippen molar-refractivity contribution in [3.05, 3.63) is 54.2 Å². The summed E-state index contributed by atoms with van der Waals surface area (Å²) in [7, 11) is 0. The number of aromatic nitrogens is 3. The first-order valence-corrected chi connectivity index (χ1v) is 7.97. The largest absolute Gasteiger partial charge is 0.326 e. The van der Waals surface area contributed by atoms with E-state index in [4.69, 9.17) is 5.26 Å². The van der Waals surface area contributed by atoms with Gasteiger partial charge in [-0.05, 0) is 30.3 Å². The van der Waals surface area contributed by atoms with Crippen LogP contribution in [0.4, 0.5) is 5.69 Å². The Morgan fingerprint density at radius 3 is 3.04 bits per heavy atom. The quantitative estimate of drug-likeness (QED) is 0.730. The normalized spacial score (nSPS) is 10.4. The Kier molecular flexibility index (Phi) is 4.54. The van der Waals surface area contributed by atoms with Gasteiger partial charge in [0.15, 0.2) is 10.8 Å². The van der Waals surface area contributed by atoms with Gasteiger partial charge < -0.3 is 5.32 Å². The first-order valence-electron chi connectivity index (χ1n) is 6.99. The molecule has 0 bridgehead atoms. The van der Waals surface area contributed by atoms with Crippen molar-refractivity contribution >= 4 is 29.0 Å². The van der Waals surface area contributed by atoms with Crippen LogP contribution < -0.4 is 5.32 Å². The molecule has 3 aromatic rings. The standard InChI is InChI=1S/C16H13N5OS/c17-11-12-4-3-5-13(10-12)18-15(22)7-9-23-16-20-19-14-6-1-2-8-21(14)16/h1-6,8,10H,7,9H2,(H,18,22). The van der Waals surface area contributed by atoms with Gasteiger partial charge in [-0.25, -0.2) is 0 Å². The van der Waals surface area contributed by atoms with Gasteiger partial charge in [-0.1, -0.05) is 23.9 Å². The summed E-state index contributed by atoms with van der Waals surface area (Å²) < 4.78 is 1.89. The van der Waals surface area contributed by atoms with Crippen molar-refractivity contribution in [3.8, 4) is 6.07 Å². The molecular weight excluding hydrogens is 310 g/mol. The predicted octanol–water partition coefficient (Wildman–Crippen LogP) is 2.72. The number of carbonyl (C=O) groups is 1. The van der Waals surface area contributed by atoms with E-state index in [1.807, 2.05) is 34.9 Å². The molecule has 23 heavy (non-hydrogen) atoms. The number of anilines is 1. The molecule has 7 heteroatoms. The van der Waals surface area contributed by atoms with Crippen LogP contribution in [0.1, 0.15) is 12.0 Å². The highest BCUT2D eigenvalue weighted by atomic mass is 32.2. The van der Waals surface area contributed by atoms with Crippen LogP contribution >= 0.6 is 11.8 Å². The number of carbonyl (C=O) groups excluding carboxylic acids is 1. The number of nitriles is 1. The summed E-state index contributed by atoms with van der Waals surface area (Å²) in [4.78, 5) is 12.0. The molecule has 3 rings (SSSR count). The van der Waals surface area contributed by atoms with Gasteiger partial charge in [0, 0.05) is 24.1 Å². The highest BCUT2D eigenvalue weighted by Crippen LogP contribution is 2.18. The Hall–Kier alpha value is -2.85. The maximum Gasteiger partial charge on any atom is 0.225 e. The summed E-state index contributed by atoms with van der Waals surface area (Å²) in [6.45, 7) is 0. The topological polar surface area (TPSA) is 83.1 Å². The Morgan fingerprint density at radius 2 is 2.17 bits per heavy atom. The van der Waals surface area contributed by atoms with Crippen LogP contribution in [-0.2, 0) is 4.79 Å². The van der Waals surface area contributed by atoms with E-state index in [1.165, 1.54) is 11.8 Å². The summed E-state index contributed by atoms with van der Waals surface area (Å²) in [6.07, 6.45) is 2.24. The van der Waals surface area contributed by atoms with Crippen LogP contribution in [0.25, 0.3) is 5.65 Å². The number of benzene rings is 1. The second kappa shape index (κ2) is 6.94. The predicted molar refractivity (Wildman–Crippen MR) is 88.1 cm³/mol. The van der Waals surface area contributed by atoms with Gasteiger partial charge in [0.2, 0.25) is 5.91 Å². The molecular formula is C16H13N5OS. The van der Waals surface area contributed by atoms with Gasteiger partial charge in [-0.15, -0.1) is 10.2 Å². The average Bonchev–Trinajstić information content (AvgIpc) is 2.98. The van der Waals surface area contributed by atoms with Crippen LogP contribution in [0.5, 0.6) is 0 Å². The molecule has 2 heterocycles. The van der Waals surface area contributed by atoms with E-state index in [0.29, 0.717) is 23.4 Å². The molecule has 1 aromatic carbocycles. The molecule has 0 radical (unpaired) electrons. The van der Waals surface area contributed by atoms with E-state index >= 15 is 0 Å². The smallest absolute Gasteiger partial charge is 0.225 e. The molecule has 0 atom stereocenters. The van der Waals surface area contributed by atoms with Crippen molar-refractivity contribution in [3.63, 3.8) is 0 Å². The fourth-order valence-electron chi connectivity index (χ4n) is 2.04. The molecule has 114 valence electrons. The van der Waals surface area contributed by atoms with Crippen molar-refractivity contribution < 1.29 is 4.79 Å². The highest BCUT2D eigenvalue weighted by molar-refractivity contribution is 7.99. The second-order valence-corrected chi connectivity index (χ2v) is 5.81. The lowest BCUT2D eigenvalue weighted by atomic mass is 10.2. The molecule has 0 saturated heterocycles. The number of nitrogens with one attached hydrogen (secondary N) is 1. The zero-order valence-corrected chi connectivity index (χ0v) is 13.0. The van der Waals surface area contributed by atoms with Crippen molar-refractivity contribution in [2.75, 3.05) is 11.1 Å². The van der Waals surface area contributed by atoms with Crippen molar-refractivity contribution in [2.45, 2.75) is 11.6 Å². The summed E-state index contributed by atoms with van der Waals surface area (Å²) in [5.74, 6) is 0.501. The molecule has 2 aromatic heterocycles. The first-order chi connectivity index (χ1) is 11.3. The number of pyridine rings is 1. The molecule has 0 fully saturated rings. The van der Waals surface area contributed by atoms with Gasteiger partial charge in [-0.3, -0.25) is 9.20 Å². The first kappa shape index (κ1) is 15.1. The average molecular weight is 323 g/mol. The zero-order valence-electron chi connectivity index (χ0n) is 12.1. The van der Waals surface area contributed by atoms with E-state index in [2.05, 4.69) is 15.5 Å². The molecule has 6 nitrogen and oxygen atoms in total. The summed E-state index contributed by atoms with van der Waals surface area (Å²) in [5, 5.41) is 20.6. The lowest BCUT2D eigenvalue weighted by molar-refractivity contribution is -0.115. The summed E-state index contributed by atoms with van der Waals surface area (Å²) in [5.41, 5.74) is 1.94. The van der Waals surface area contributed by atoms with Crippen molar-refractivity contribution in [1.29, 1.82) is 5.26 Å². The number of thioether (sulfide) groups is 1. The molecule has 0 saturated carbocycles. The lowest BCUT2D eigenvalue weighted by Crippen LogP contribution is -2.12. The second-order valence-electron chi connectivity index (χ2n) is 4.75. The summed E-state index contributed by atoms with van der Waals surface area (Å²) in [6, 6.07) is 14.6. The fourth-order valence-corrected chi connectivity index (χ4v) is 2.90. The Bertz CT molecular complexity index is 883. The van der Waals surface area contributed by atoms with Crippen LogP contribution in [0.2, 0.25) is 0 Å². The Labute approximate surface area is 137 Å². The van der Waals surface area contributed by atoms with E-state index in [1.54, 1.807) is 24.3 Å². The monoisotopic (exact) mass is 323 g/mol. The van der Waals surface area contributed by atoms with E-state index in [-0.39, 0.29) is 5.91 Å². The van der Waals surface area contributed by atoms with E-state index in [9.17, 15) is 4.79 Å². The Morgan fingerprint density at radius 1 is 1.26 bits per heavy atom. The highest BCUT2D eigenvalue weighted by Gasteiger charge is 2.07. The van der Waals surface area contributed by atoms with Crippen molar-refractivity contribution in [2.24, 2.45) is 0 Å². The molecule has 0 spiro atoms. The maximum absolute atomic E-state index is 12.0. The maximum atomic E-state index is 12.0. The van der Waals surface area contributed by atoms with Gasteiger partial charge >= 0.3 is 0 Å². The van der Waals surface area contributed by atoms with Crippen LogP contribution in [0.15, 0.2) is 53.8 Å². The molecule has 1 amide bonds. The van der Waals surface area contributed by atoms with Crippen molar-refractivity contribution in [1.82, 2.24) is 14.6 Å². The molecule has 1 N–H and O–H groups in total. The Balaban J connectivity index is 1.54. The minimum atomic E-state index is -0.0959. The number of hydrogen-bond acceptors (Lipinski definition) is 5. The molecule has 0 aliphatic heterocycles. The third-order valence-electron chi connectivity index (χ3n) is 3.12. The number of nitrogens with zero attached hydrogens (tertiary/aromatic N) is 4. The molecule has 0 unspecified atom stereocenters. The third-order valence-corrected chi connectivity index (χ3v) is 4.06. The number of fused-ring (bicyclic) bond motifs is 1. The van der Waals surface area contributed by atoms with E-state index in [0.717, 1.165) is 10.8 Å². The zero-order chi connectivity index (χ0) is 16.1. The van der Waals surface area contributed by atoms with Gasteiger partial charge in [0.1, 0.15) is 0 Å². The lowest BCUT2D eigenvalue weighted by Gasteiger charge is -2.05. The van der Waals surface area contributed by atoms with Gasteiger partial charge in [0.25, 0.3) is 0 Å². The fraction of sp³-hybridized carbons (Fsp3) is 0.125. The van der Waals surface area contributed by atoms with Gasteiger partial charge in [0.05, 0.1) is 11.6 Å². The van der Waals surface area contributed by atoms with E-state index < -0.39 is 0 Å². The van der Waals surface area contributed by atoms with Crippen LogP contribution in [0, 0.1) is 11.3 Å². The SMILES string of the molecule is N#Cc1cccc(NC(=O)CCSc2nnc3ccccn23)c1. The minimum absolute atomic E-state index is 0.0959. The van der Waals surface area contributed by atoms with Crippen LogP contribution in [0.3, 0.4) is 0 Å². The van der Waals surface area contributed by atoms with Crippen LogP contribution in [-0.4, -0.2) is 26.3 Å². The minimum Gasteiger partial charge on any atom is -0.326 e. The number of hydrogen-bond donors (Lipinski definition) is 1. The summed E-state index contributed by atoms with van der Waals surface area (Å²) >= 11 is 1.48. The van der Waals surface area contributed by atoms with Gasteiger partial charge in [-0.2, -0.15) is 5.26 Å². The third kappa shape index (κ3) is 3.67. The molecule has 0 aliphatic rings.